The molecule has 15 heavy (non-hydrogen) atoms. The Bertz CT molecular complexity index is 371. The summed E-state index contributed by atoms with van der Waals surface area (Å²) >= 11 is 2.19. The molecule has 1 N–H and O–H groups in total. The van der Waals surface area contributed by atoms with Gasteiger partial charge in [-0.15, -0.1) is 0 Å². The lowest BCUT2D eigenvalue weighted by Crippen LogP contribution is -2.36. The van der Waals surface area contributed by atoms with Gasteiger partial charge in [-0.1, -0.05) is 13.8 Å². The number of hydrogen-bond donors (Lipinski definition) is 1. The van der Waals surface area contributed by atoms with Gasteiger partial charge in [-0.05, 0) is 28.7 Å². The van der Waals surface area contributed by atoms with Crippen molar-refractivity contribution >= 4 is 28.5 Å². The third-order valence-corrected chi connectivity index (χ3v) is 2.85. The number of nitrogens with one attached hydrogen (secondary N) is 1. The van der Waals surface area contributed by atoms with Crippen molar-refractivity contribution in [1.29, 1.82) is 0 Å². The van der Waals surface area contributed by atoms with Crippen LogP contribution in [0.4, 0.5) is 0 Å². The van der Waals surface area contributed by atoms with Gasteiger partial charge < -0.3 is 5.32 Å². The van der Waals surface area contributed by atoms with Gasteiger partial charge in [-0.2, -0.15) is 5.10 Å². The summed E-state index contributed by atoms with van der Waals surface area (Å²) in [7, 11) is 1.92. The highest BCUT2D eigenvalue weighted by atomic mass is 127. The lowest BCUT2D eigenvalue weighted by Gasteiger charge is -2.24. The van der Waals surface area contributed by atoms with Gasteiger partial charge in [0, 0.05) is 31.6 Å². The first-order valence-corrected chi connectivity index (χ1v) is 5.85. The number of aromatic nitrogens is 2. The standard InChI is InChI=1S/C10H16IN3O/c1-7(15)12-6-10(2,3)8-5-9(11)13-14(8)4/h5H,6H2,1-4H3,(H,12,15). The summed E-state index contributed by atoms with van der Waals surface area (Å²) in [6.07, 6.45) is 0. The van der Waals surface area contributed by atoms with Crippen LogP contribution < -0.4 is 5.32 Å². The highest BCUT2D eigenvalue weighted by Crippen LogP contribution is 2.23. The molecule has 0 aliphatic heterocycles. The maximum Gasteiger partial charge on any atom is 0.216 e. The molecular formula is C10H16IN3O. The SMILES string of the molecule is CC(=O)NCC(C)(C)c1cc(I)nn1C. The van der Waals surface area contributed by atoms with Gasteiger partial charge in [-0.3, -0.25) is 9.48 Å². The fourth-order valence-corrected chi connectivity index (χ4v) is 2.12. The van der Waals surface area contributed by atoms with Crippen molar-refractivity contribution in [3.8, 4) is 0 Å². The molecule has 0 atom stereocenters. The molecule has 0 spiro atoms. The van der Waals surface area contributed by atoms with Crippen molar-refractivity contribution in [2.24, 2.45) is 7.05 Å². The molecule has 4 nitrogen and oxygen atoms in total. The fourth-order valence-electron chi connectivity index (χ4n) is 1.50. The minimum atomic E-state index is -0.100. The largest absolute Gasteiger partial charge is 0.355 e. The molecule has 5 heteroatoms. The van der Waals surface area contributed by atoms with Crippen LogP contribution in [0.5, 0.6) is 0 Å². The smallest absolute Gasteiger partial charge is 0.216 e. The van der Waals surface area contributed by atoms with Gasteiger partial charge in [0.1, 0.15) is 3.70 Å². The van der Waals surface area contributed by atoms with Crippen molar-refractivity contribution in [3.63, 3.8) is 0 Å². The maximum absolute atomic E-state index is 10.9. The summed E-state index contributed by atoms with van der Waals surface area (Å²) in [4.78, 5) is 10.9. The van der Waals surface area contributed by atoms with Crippen LogP contribution in [-0.4, -0.2) is 22.2 Å². The second kappa shape index (κ2) is 4.51. The summed E-state index contributed by atoms with van der Waals surface area (Å²) in [6, 6.07) is 2.04. The number of carbonyl (C=O) groups is 1. The van der Waals surface area contributed by atoms with E-state index in [-0.39, 0.29) is 11.3 Å². The van der Waals surface area contributed by atoms with E-state index in [9.17, 15) is 4.79 Å². The second-order valence-corrected chi connectivity index (χ2v) is 5.37. The molecule has 0 aliphatic rings. The topological polar surface area (TPSA) is 46.9 Å². The average molecular weight is 321 g/mol. The van der Waals surface area contributed by atoms with Crippen molar-refractivity contribution in [1.82, 2.24) is 15.1 Å². The number of rotatable bonds is 3. The molecule has 0 fully saturated rings. The fraction of sp³-hybridized carbons (Fsp3) is 0.600. The van der Waals surface area contributed by atoms with Crippen molar-refractivity contribution in [3.05, 3.63) is 15.5 Å². The van der Waals surface area contributed by atoms with E-state index in [1.165, 1.54) is 6.92 Å². The normalized spacial score (nSPS) is 11.5. The monoisotopic (exact) mass is 321 g/mol. The average Bonchev–Trinajstić information content (AvgIpc) is 2.43. The van der Waals surface area contributed by atoms with Gasteiger partial charge >= 0.3 is 0 Å². The van der Waals surface area contributed by atoms with E-state index in [4.69, 9.17) is 0 Å². The molecule has 1 heterocycles. The molecule has 0 aliphatic carbocycles. The number of nitrogens with zero attached hydrogens (tertiary/aromatic N) is 2. The molecule has 1 aromatic heterocycles. The Kier molecular flexibility index (Phi) is 3.75. The molecule has 1 aromatic rings. The minimum Gasteiger partial charge on any atom is -0.355 e. The van der Waals surface area contributed by atoms with E-state index in [0.29, 0.717) is 6.54 Å². The highest BCUT2D eigenvalue weighted by molar-refractivity contribution is 14.1. The van der Waals surface area contributed by atoms with E-state index in [2.05, 4.69) is 46.9 Å². The van der Waals surface area contributed by atoms with Crippen LogP contribution in [0.25, 0.3) is 0 Å². The summed E-state index contributed by atoms with van der Waals surface area (Å²) in [5, 5.41) is 7.13. The predicted octanol–water partition coefficient (Wildman–Crippen LogP) is 1.44. The molecular weight excluding hydrogens is 305 g/mol. The van der Waals surface area contributed by atoms with Crippen molar-refractivity contribution < 1.29 is 4.79 Å². The Morgan fingerprint density at radius 3 is 2.67 bits per heavy atom. The Morgan fingerprint density at radius 2 is 2.27 bits per heavy atom. The minimum absolute atomic E-state index is 0.0000553. The van der Waals surface area contributed by atoms with Crippen LogP contribution in [0.2, 0.25) is 0 Å². The molecule has 0 unspecified atom stereocenters. The molecule has 0 saturated carbocycles. The molecule has 0 aromatic carbocycles. The molecule has 0 bridgehead atoms. The lowest BCUT2D eigenvalue weighted by molar-refractivity contribution is -0.119. The summed E-state index contributed by atoms with van der Waals surface area (Å²) in [5.41, 5.74) is 1.03. The molecule has 0 saturated heterocycles. The van der Waals surface area contributed by atoms with E-state index >= 15 is 0 Å². The number of hydrogen-bond acceptors (Lipinski definition) is 2. The summed E-state index contributed by atoms with van der Waals surface area (Å²) in [5.74, 6) is -0.0000553. The third-order valence-electron chi connectivity index (χ3n) is 2.32. The van der Waals surface area contributed by atoms with E-state index in [0.717, 1.165) is 9.39 Å². The number of amides is 1. The molecule has 0 radical (unpaired) electrons. The van der Waals surface area contributed by atoms with Gasteiger partial charge in [0.05, 0.1) is 0 Å². The third kappa shape index (κ3) is 3.19. The highest BCUT2D eigenvalue weighted by Gasteiger charge is 2.24. The van der Waals surface area contributed by atoms with Gasteiger partial charge in [-0.25, -0.2) is 0 Å². The molecule has 84 valence electrons. The van der Waals surface area contributed by atoms with Gasteiger partial charge in [0.2, 0.25) is 5.91 Å². The molecule has 1 amide bonds. The van der Waals surface area contributed by atoms with E-state index < -0.39 is 0 Å². The number of aryl methyl sites for hydroxylation is 1. The van der Waals surface area contributed by atoms with Crippen LogP contribution in [0.3, 0.4) is 0 Å². The second-order valence-electron chi connectivity index (χ2n) is 4.27. The Morgan fingerprint density at radius 1 is 1.67 bits per heavy atom. The number of carbonyl (C=O) groups excluding carboxylic acids is 1. The first-order chi connectivity index (χ1) is 6.83. The van der Waals surface area contributed by atoms with Crippen molar-refractivity contribution in [2.45, 2.75) is 26.2 Å². The number of halogens is 1. The van der Waals surface area contributed by atoms with Crippen LogP contribution >= 0.6 is 22.6 Å². The Hall–Kier alpha value is -0.590. The predicted molar refractivity (Wildman–Crippen MR) is 67.6 cm³/mol. The van der Waals surface area contributed by atoms with Gasteiger partial charge in [0.15, 0.2) is 0 Å². The van der Waals surface area contributed by atoms with Crippen LogP contribution in [-0.2, 0) is 17.3 Å². The summed E-state index contributed by atoms with van der Waals surface area (Å²) < 4.78 is 2.84. The zero-order valence-corrected chi connectivity index (χ0v) is 11.6. The maximum atomic E-state index is 10.9. The van der Waals surface area contributed by atoms with Gasteiger partial charge in [0.25, 0.3) is 0 Å². The summed E-state index contributed by atoms with van der Waals surface area (Å²) in [6.45, 7) is 6.34. The molecule has 1 rings (SSSR count). The van der Waals surface area contributed by atoms with Crippen LogP contribution in [0.1, 0.15) is 26.5 Å². The zero-order valence-electron chi connectivity index (χ0n) is 9.47. The Balaban J connectivity index is 2.85. The van der Waals surface area contributed by atoms with E-state index in [1.807, 2.05) is 17.8 Å². The van der Waals surface area contributed by atoms with Crippen molar-refractivity contribution in [2.75, 3.05) is 6.54 Å². The quantitative estimate of drug-likeness (QED) is 0.857. The first kappa shape index (κ1) is 12.5. The first-order valence-electron chi connectivity index (χ1n) is 4.77. The van der Waals surface area contributed by atoms with Crippen LogP contribution in [0.15, 0.2) is 6.07 Å². The van der Waals surface area contributed by atoms with E-state index in [1.54, 1.807) is 0 Å². The lowest BCUT2D eigenvalue weighted by atomic mass is 9.89. The Labute approximate surface area is 104 Å². The van der Waals surface area contributed by atoms with Crippen LogP contribution in [0, 0.1) is 3.70 Å². The zero-order chi connectivity index (χ0) is 11.6.